The average molecular weight is 234 g/mol. The maximum Gasteiger partial charge on any atom is 0.229 e. The molecule has 0 saturated carbocycles. The van der Waals surface area contributed by atoms with Gasteiger partial charge in [0.2, 0.25) is 5.91 Å². The molecule has 15 heavy (non-hydrogen) atoms. The first-order valence-corrected chi connectivity index (χ1v) is 6.48. The van der Waals surface area contributed by atoms with Crippen molar-refractivity contribution in [2.45, 2.75) is 26.4 Å². The van der Waals surface area contributed by atoms with E-state index in [0.717, 1.165) is 12.2 Å². The molecule has 90 valence electrons. The van der Waals surface area contributed by atoms with Gasteiger partial charge >= 0.3 is 0 Å². The van der Waals surface area contributed by atoms with Crippen LogP contribution in [-0.4, -0.2) is 43.2 Å². The van der Waals surface area contributed by atoms with E-state index in [1.54, 1.807) is 11.8 Å². The van der Waals surface area contributed by atoms with E-state index in [0.29, 0.717) is 25.4 Å². The Morgan fingerprint density at radius 1 is 1.53 bits per heavy atom. The van der Waals surface area contributed by atoms with Crippen LogP contribution in [0.2, 0.25) is 0 Å². The van der Waals surface area contributed by atoms with E-state index in [-0.39, 0.29) is 12.0 Å². The van der Waals surface area contributed by atoms with Crippen LogP contribution in [0.15, 0.2) is 0 Å². The van der Waals surface area contributed by atoms with Gasteiger partial charge in [0, 0.05) is 25.4 Å². The molecule has 5 heteroatoms. The molecule has 0 heterocycles. The molecular weight excluding hydrogens is 212 g/mol. The van der Waals surface area contributed by atoms with Gasteiger partial charge < -0.3 is 15.8 Å². The van der Waals surface area contributed by atoms with E-state index in [1.165, 1.54) is 0 Å². The molecule has 3 N–H and O–H groups in total. The SMILES string of the molecule is CC(C)OCCCNC(=O)CSCCN. The first-order valence-electron chi connectivity index (χ1n) is 5.33. The third kappa shape index (κ3) is 11.7. The molecule has 0 radical (unpaired) electrons. The highest BCUT2D eigenvalue weighted by molar-refractivity contribution is 7.99. The number of carbonyl (C=O) groups is 1. The van der Waals surface area contributed by atoms with Gasteiger partial charge in [-0.05, 0) is 20.3 Å². The minimum absolute atomic E-state index is 0.0815. The summed E-state index contributed by atoms with van der Waals surface area (Å²) in [5.41, 5.74) is 5.31. The number of thioether (sulfide) groups is 1. The summed E-state index contributed by atoms with van der Waals surface area (Å²) in [4.78, 5) is 11.2. The molecule has 0 aromatic carbocycles. The summed E-state index contributed by atoms with van der Waals surface area (Å²) in [5.74, 6) is 1.42. The summed E-state index contributed by atoms with van der Waals surface area (Å²) < 4.78 is 5.35. The van der Waals surface area contributed by atoms with Crippen LogP contribution in [0.4, 0.5) is 0 Å². The van der Waals surface area contributed by atoms with E-state index in [9.17, 15) is 4.79 Å². The molecule has 0 saturated heterocycles. The normalized spacial score (nSPS) is 10.7. The molecule has 0 rings (SSSR count). The topological polar surface area (TPSA) is 64.3 Å². The number of amides is 1. The molecule has 0 aliphatic rings. The molecule has 0 aromatic rings. The number of nitrogens with two attached hydrogens (primary N) is 1. The molecule has 0 aliphatic carbocycles. The average Bonchev–Trinajstić information content (AvgIpc) is 2.17. The molecular formula is C10H22N2O2S. The maximum absolute atomic E-state index is 11.2. The molecule has 0 aromatic heterocycles. The lowest BCUT2D eigenvalue weighted by Gasteiger charge is -2.08. The summed E-state index contributed by atoms with van der Waals surface area (Å²) in [6.45, 7) is 6.02. The van der Waals surface area contributed by atoms with Crippen molar-refractivity contribution in [3.8, 4) is 0 Å². The van der Waals surface area contributed by atoms with Crippen LogP contribution in [0.3, 0.4) is 0 Å². The predicted molar refractivity (Wildman–Crippen MR) is 65.1 cm³/mol. The Morgan fingerprint density at radius 3 is 2.87 bits per heavy atom. The van der Waals surface area contributed by atoms with Crippen LogP contribution >= 0.6 is 11.8 Å². The second kappa shape index (κ2) is 10.3. The second-order valence-electron chi connectivity index (χ2n) is 3.46. The van der Waals surface area contributed by atoms with Gasteiger partial charge in [-0.15, -0.1) is 0 Å². The number of rotatable bonds is 9. The summed E-state index contributed by atoms with van der Waals surface area (Å²) in [7, 11) is 0. The van der Waals surface area contributed by atoms with Gasteiger partial charge in [0.25, 0.3) is 0 Å². The Hall–Kier alpha value is -0.260. The lowest BCUT2D eigenvalue weighted by Crippen LogP contribution is -2.27. The largest absolute Gasteiger partial charge is 0.379 e. The van der Waals surface area contributed by atoms with Crippen molar-refractivity contribution in [1.82, 2.24) is 5.32 Å². The maximum atomic E-state index is 11.2. The Kier molecular flexibility index (Phi) is 10.1. The molecule has 0 unspecified atom stereocenters. The van der Waals surface area contributed by atoms with E-state index < -0.39 is 0 Å². The van der Waals surface area contributed by atoms with Gasteiger partial charge in [-0.25, -0.2) is 0 Å². The number of hydrogen-bond acceptors (Lipinski definition) is 4. The zero-order valence-corrected chi connectivity index (χ0v) is 10.4. The lowest BCUT2D eigenvalue weighted by atomic mass is 10.4. The van der Waals surface area contributed by atoms with Crippen LogP contribution in [0, 0.1) is 0 Å². The van der Waals surface area contributed by atoms with Gasteiger partial charge in [0.15, 0.2) is 0 Å². The third-order valence-electron chi connectivity index (χ3n) is 1.59. The van der Waals surface area contributed by atoms with Crippen LogP contribution in [0.25, 0.3) is 0 Å². The molecule has 0 aliphatic heterocycles. The minimum Gasteiger partial charge on any atom is -0.379 e. The number of ether oxygens (including phenoxy) is 1. The number of hydrogen-bond donors (Lipinski definition) is 2. The van der Waals surface area contributed by atoms with Crippen molar-refractivity contribution in [3.63, 3.8) is 0 Å². The fraction of sp³-hybridized carbons (Fsp3) is 0.900. The monoisotopic (exact) mass is 234 g/mol. The van der Waals surface area contributed by atoms with Crippen LogP contribution in [-0.2, 0) is 9.53 Å². The Bertz CT molecular complexity index is 166. The van der Waals surface area contributed by atoms with Crippen molar-refractivity contribution in [2.75, 3.05) is 31.2 Å². The first-order chi connectivity index (χ1) is 7.16. The highest BCUT2D eigenvalue weighted by Gasteiger charge is 2.00. The molecule has 4 nitrogen and oxygen atoms in total. The van der Waals surface area contributed by atoms with Crippen LogP contribution in [0.1, 0.15) is 20.3 Å². The van der Waals surface area contributed by atoms with E-state index >= 15 is 0 Å². The Labute approximate surface area is 96.3 Å². The fourth-order valence-electron chi connectivity index (χ4n) is 0.918. The molecule has 0 atom stereocenters. The Balaban J connectivity index is 3.17. The predicted octanol–water partition coefficient (Wildman–Crippen LogP) is 0.610. The van der Waals surface area contributed by atoms with Crippen LogP contribution in [0.5, 0.6) is 0 Å². The molecule has 0 fully saturated rings. The van der Waals surface area contributed by atoms with Gasteiger partial charge in [-0.2, -0.15) is 11.8 Å². The molecule has 1 amide bonds. The van der Waals surface area contributed by atoms with Crippen molar-refractivity contribution >= 4 is 17.7 Å². The van der Waals surface area contributed by atoms with Gasteiger partial charge in [0.1, 0.15) is 0 Å². The molecule has 0 spiro atoms. The van der Waals surface area contributed by atoms with Crippen molar-refractivity contribution in [1.29, 1.82) is 0 Å². The summed E-state index contributed by atoms with van der Waals surface area (Å²) in [5, 5.41) is 2.83. The fourth-order valence-corrected chi connectivity index (χ4v) is 1.52. The summed E-state index contributed by atoms with van der Waals surface area (Å²) in [6.07, 6.45) is 1.13. The van der Waals surface area contributed by atoms with Crippen molar-refractivity contribution < 1.29 is 9.53 Å². The summed E-state index contributed by atoms with van der Waals surface area (Å²) in [6, 6.07) is 0. The number of carbonyl (C=O) groups excluding carboxylic acids is 1. The highest BCUT2D eigenvalue weighted by atomic mass is 32.2. The Morgan fingerprint density at radius 2 is 2.27 bits per heavy atom. The van der Waals surface area contributed by atoms with Crippen molar-refractivity contribution in [3.05, 3.63) is 0 Å². The smallest absolute Gasteiger partial charge is 0.229 e. The standard InChI is InChI=1S/C10H22N2O2S/c1-9(2)14-6-3-5-12-10(13)8-15-7-4-11/h9H,3-8,11H2,1-2H3,(H,12,13). The van der Waals surface area contributed by atoms with E-state index in [1.807, 2.05) is 13.8 Å². The zero-order chi connectivity index (χ0) is 11.5. The third-order valence-corrected chi connectivity index (χ3v) is 2.58. The van der Waals surface area contributed by atoms with Crippen molar-refractivity contribution in [2.24, 2.45) is 5.73 Å². The second-order valence-corrected chi connectivity index (χ2v) is 4.57. The van der Waals surface area contributed by atoms with E-state index in [2.05, 4.69) is 5.32 Å². The lowest BCUT2D eigenvalue weighted by molar-refractivity contribution is -0.118. The van der Waals surface area contributed by atoms with Crippen LogP contribution < -0.4 is 11.1 Å². The first kappa shape index (κ1) is 14.7. The summed E-state index contributed by atoms with van der Waals surface area (Å²) >= 11 is 1.56. The minimum atomic E-state index is 0.0815. The molecule has 0 bridgehead atoms. The zero-order valence-electron chi connectivity index (χ0n) is 9.62. The van der Waals surface area contributed by atoms with Gasteiger partial charge in [-0.1, -0.05) is 0 Å². The van der Waals surface area contributed by atoms with E-state index in [4.69, 9.17) is 10.5 Å². The quantitative estimate of drug-likeness (QED) is 0.574. The van der Waals surface area contributed by atoms with Gasteiger partial charge in [-0.3, -0.25) is 4.79 Å². The highest BCUT2D eigenvalue weighted by Crippen LogP contribution is 1.96. The van der Waals surface area contributed by atoms with Gasteiger partial charge in [0.05, 0.1) is 11.9 Å². The number of nitrogens with one attached hydrogen (secondary N) is 1.